The molecule has 4 aromatic rings. The molecule has 0 atom stereocenters. The summed E-state index contributed by atoms with van der Waals surface area (Å²) in [7, 11) is 0. The van der Waals surface area contributed by atoms with Gasteiger partial charge in [-0.05, 0) is 45.8 Å². The molecule has 0 amide bonds. The van der Waals surface area contributed by atoms with Crippen LogP contribution in [0.1, 0.15) is 5.56 Å². The van der Waals surface area contributed by atoms with Crippen LogP contribution in [0, 0.1) is 0 Å². The van der Waals surface area contributed by atoms with Gasteiger partial charge in [-0.2, -0.15) is 9.61 Å². The van der Waals surface area contributed by atoms with E-state index in [1.54, 1.807) is 35.0 Å². The smallest absolute Gasteiger partial charge is 0.172 e. The van der Waals surface area contributed by atoms with E-state index in [0.717, 1.165) is 15.9 Å². The van der Waals surface area contributed by atoms with E-state index in [9.17, 15) is 10.2 Å². The number of hydrogen-bond acceptors (Lipinski definition) is 5. The fraction of sp³-hybridized carbons (Fsp3) is 0.0526. The second-order valence-electron chi connectivity index (χ2n) is 5.79. The largest absolute Gasteiger partial charge is 0.508 e. The Balaban J connectivity index is 1.75. The van der Waals surface area contributed by atoms with Crippen molar-refractivity contribution in [2.75, 3.05) is 5.32 Å². The first-order chi connectivity index (χ1) is 12.6. The SMILES string of the molecule is Oc1ccc(CNc2cc(-c3ccccc3O)nc3c(Br)cnn23)cc1. The molecule has 7 heteroatoms. The average Bonchev–Trinajstić information content (AvgIpc) is 3.02. The van der Waals surface area contributed by atoms with E-state index >= 15 is 0 Å². The lowest BCUT2D eigenvalue weighted by molar-refractivity contribution is 0.475. The Bertz CT molecular complexity index is 1080. The van der Waals surface area contributed by atoms with E-state index in [1.165, 1.54) is 0 Å². The molecule has 0 unspecified atom stereocenters. The number of nitrogens with one attached hydrogen (secondary N) is 1. The number of benzene rings is 2. The van der Waals surface area contributed by atoms with Crippen LogP contribution in [0.3, 0.4) is 0 Å². The number of para-hydroxylation sites is 1. The number of aromatic nitrogens is 3. The van der Waals surface area contributed by atoms with E-state index in [4.69, 9.17) is 0 Å². The number of nitrogens with zero attached hydrogens (tertiary/aromatic N) is 3. The third kappa shape index (κ3) is 3.09. The van der Waals surface area contributed by atoms with Crippen molar-refractivity contribution >= 4 is 27.4 Å². The maximum absolute atomic E-state index is 10.2. The van der Waals surface area contributed by atoms with Gasteiger partial charge >= 0.3 is 0 Å². The Hall–Kier alpha value is -3.06. The van der Waals surface area contributed by atoms with Crippen LogP contribution in [0.4, 0.5) is 5.82 Å². The summed E-state index contributed by atoms with van der Waals surface area (Å²) in [5, 5.41) is 27.3. The number of phenolic OH excluding ortho intramolecular Hbond substituents is 2. The maximum atomic E-state index is 10.2. The summed E-state index contributed by atoms with van der Waals surface area (Å²) >= 11 is 3.47. The summed E-state index contributed by atoms with van der Waals surface area (Å²) < 4.78 is 2.47. The Morgan fingerprint density at radius 2 is 1.81 bits per heavy atom. The molecular formula is C19H15BrN4O2. The zero-order valence-electron chi connectivity index (χ0n) is 13.6. The molecule has 0 radical (unpaired) electrons. The summed E-state index contributed by atoms with van der Waals surface area (Å²) in [6.45, 7) is 0.553. The third-order valence-electron chi connectivity index (χ3n) is 4.02. The summed E-state index contributed by atoms with van der Waals surface area (Å²) in [5.74, 6) is 1.15. The number of anilines is 1. The number of rotatable bonds is 4. The molecule has 0 aliphatic heterocycles. The van der Waals surface area contributed by atoms with Gasteiger partial charge < -0.3 is 15.5 Å². The highest BCUT2D eigenvalue weighted by molar-refractivity contribution is 9.10. The van der Waals surface area contributed by atoms with Gasteiger partial charge in [-0.25, -0.2) is 4.98 Å². The van der Waals surface area contributed by atoms with Crippen LogP contribution in [-0.4, -0.2) is 24.8 Å². The van der Waals surface area contributed by atoms with Gasteiger partial charge in [0.25, 0.3) is 0 Å². The minimum Gasteiger partial charge on any atom is -0.508 e. The topological polar surface area (TPSA) is 82.7 Å². The molecule has 0 fully saturated rings. The highest BCUT2D eigenvalue weighted by Crippen LogP contribution is 2.31. The molecule has 6 nitrogen and oxygen atoms in total. The van der Waals surface area contributed by atoms with Crippen molar-refractivity contribution in [3.8, 4) is 22.8 Å². The van der Waals surface area contributed by atoms with Crippen LogP contribution in [-0.2, 0) is 6.54 Å². The van der Waals surface area contributed by atoms with E-state index in [1.807, 2.05) is 30.3 Å². The molecule has 0 aliphatic carbocycles. The lowest BCUT2D eigenvalue weighted by atomic mass is 10.1. The van der Waals surface area contributed by atoms with Gasteiger partial charge in [0, 0.05) is 18.2 Å². The van der Waals surface area contributed by atoms with Crippen molar-refractivity contribution in [1.29, 1.82) is 0 Å². The second-order valence-corrected chi connectivity index (χ2v) is 6.65. The summed E-state index contributed by atoms with van der Waals surface area (Å²) in [4.78, 5) is 4.61. The van der Waals surface area contributed by atoms with Crippen LogP contribution in [0.5, 0.6) is 11.5 Å². The molecule has 2 aromatic heterocycles. The van der Waals surface area contributed by atoms with Crippen molar-refractivity contribution in [3.63, 3.8) is 0 Å². The highest BCUT2D eigenvalue weighted by Gasteiger charge is 2.13. The predicted molar refractivity (Wildman–Crippen MR) is 103 cm³/mol. The van der Waals surface area contributed by atoms with Crippen LogP contribution in [0.15, 0.2) is 65.3 Å². The summed E-state index contributed by atoms with van der Waals surface area (Å²) in [6, 6.07) is 15.9. The average molecular weight is 411 g/mol. The molecule has 2 heterocycles. The van der Waals surface area contributed by atoms with Crippen LogP contribution >= 0.6 is 15.9 Å². The molecule has 130 valence electrons. The highest BCUT2D eigenvalue weighted by atomic mass is 79.9. The standard InChI is InChI=1S/C19H15BrN4O2/c20-15-11-22-24-18(21-10-12-5-7-13(25)8-6-12)9-16(23-19(15)24)14-3-1-2-4-17(14)26/h1-9,11,21,25-26H,10H2. The van der Waals surface area contributed by atoms with Crippen LogP contribution in [0.2, 0.25) is 0 Å². The summed E-state index contributed by atoms with van der Waals surface area (Å²) in [6.07, 6.45) is 1.68. The molecule has 26 heavy (non-hydrogen) atoms. The molecule has 0 saturated carbocycles. The van der Waals surface area contributed by atoms with Gasteiger partial charge in [-0.1, -0.05) is 24.3 Å². The minimum absolute atomic E-state index is 0.171. The molecule has 0 bridgehead atoms. The first-order valence-electron chi connectivity index (χ1n) is 7.96. The van der Waals surface area contributed by atoms with Crippen molar-refractivity contribution in [3.05, 3.63) is 70.8 Å². The Morgan fingerprint density at radius 3 is 2.58 bits per heavy atom. The van der Waals surface area contributed by atoms with E-state index < -0.39 is 0 Å². The fourth-order valence-electron chi connectivity index (χ4n) is 2.70. The Morgan fingerprint density at radius 1 is 1.04 bits per heavy atom. The maximum Gasteiger partial charge on any atom is 0.172 e. The molecule has 2 aromatic carbocycles. The van der Waals surface area contributed by atoms with Gasteiger partial charge in [0.1, 0.15) is 17.3 Å². The van der Waals surface area contributed by atoms with Gasteiger partial charge in [0.2, 0.25) is 0 Å². The van der Waals surface area contributed by atoms with E-state index in [0.29, 0.717) is 23.4 Å². The van der Waals surface area contributed by atoms with Gasteiger partial charge in [-0.3, -0.25) is 0 Å². The zero-order valence-corrected chi connectivity index (χ0v) is 15.2. The number of halogens is 1. The lowest BCUT2D eigenvalue weighted by Gasteiger charge is -2.12. The van der Waals surface area contributed by atoms with E-state index in [2.05, 4.69) is 31.3 Å². The summed E-state index contributed by atoms with van der Waals surface area (Å²) in [5.41, 5.74) is 2.96. The Kier molecular flexibility index (Phi) is 4.22. The predicted octanol–water partition coefficient (Wildman–Crippen LogP) is 4.18. The van der Waals surface area contributed by atoms with Gasteiger partial charge in [0.15, 0.2) is 5.65 Å². The number of fused-ring (bicyclic) bond motifs is 1. The van der Waals surface area contributed by atoms with Crippen LogP contribution in [0.25, 0.3) is 16.9 Å². The van der Waals surface area contributed by atoms with Crippen molar-refractivity contribution in [2.24, 2.45) is 0 Å². The monoisotopic (exact) mass is 410 g/mol. The zero-order chi connectivity index (χ0) is 18.1. The Labute approximate surface area is 157 Å². The second kappa shape index (κ2) is 6.68. The van der Waals surface area contributed by atoms with Gasteiger partial charge in [0.05, 0.1) is 16.4 Å². The number of aromatic hydroxyl groups is 2. The molecule has 3 N–H and O–H groups in total. The minimum atomic E-state index is 0.171. The fourth-order valence-corrected chi connectivity index (χ4v) is 3.04. The molecular weight excluding hydrogens is 396 g/mol. The van der Waals surface area contributed by atoms with Crippen molar-refractivity contribution < 1.29 is 10.2 Å². The van der Waals surface area contributed by atoms with Crippen molar-refractivity contribution in [2.45, 2.75) is 6.54 Å². The number of hydrogen-bond donors (Lipinski definition) is 3. The molecule has 0 spiro atoms. The molecule has 4 rings (SSSR count). The van der Waals surface area contributed by atoms with Crippen molar-refractivity contribution in [1.82, 2.24) is 14.6 Å². The van der Waals surface area contributed by atoms with Gasteiger partial charge in [-0.15, -0.1) is 0 Å². The number of phenols is 2. The normalized spacial score (nSPS) is 11.0. The molecule has 0 aliphatic rings. The third-order valence-corrected chi connectivity index (χ3v) is 4.58. The van der Waals surface area contributed by atoms with Crippen LogP contribution < -0.4 is 5.32 Å². The lowest BCUT2D eigenvalue weighted by Crippen LogP contribution is -2.06. The first-order valence-corrected chi connectivity index (χ1v) is 8.75. The van der Waals surface area contributed by atoms with E-state index in [-0.39, 0.29) is 11.5 Å². The molecule has 0 saturated heterocycles. The first kappa shape index (κ1) is 16.4. The quantitative estimate of drug-likeness (QED) is 0.469.